The zero-order chi connectivity index (χ0) is 21.9. The molecule has 0 saturated carbocycles. The number of piperidine rings is 1. The van der Waals surface area contributed by atoms with Crippen molar-refractivity contribution in [2.45, 2.75) is 57.7 Å². The highest BCUT2D eigenvalue weighted by atomic mass is 127. The van der Waals surface area contributed by atoms with Crippen LogP contribution in [0.1, 0.15) is 49.7 Å². The first-order chi connectivity index (χ1) is 15.2. The summed E-state index contributed by atoms with van der Waals surface area (Å²) < 4.78 is 0. The molecular weight excluding hydrogens is 515 g/mol. The predicted octanol–water partition coefficient (Wildman–Crippen LogP) is 2.56. The first kappa shape index (κ1) is 26.9. The average Bonchev–Trinajstić information content (AvgIpc) is 3.07. The molecule has 2 aliphatic heterocycles. The second-order valence-electron chi connectivity index (χ2n) is 8.75. The van der Waals surface area contributed by atoms with E-state index in [9.17, 15) is 4.79 Å². The largest absolute Gasteiger partial charge is 0.358 e. The van der Waals surface area contributed by atoms with Gasteiger partial charge in [0.1, 0.15) is 0 Å². The van der Waals surface area contributed by atoms with Gasteiger partial charge in [0.05, 0.1) is 6.54 Å². The molecule has 2 fully saturated rings. The molecule has 1 aromatic rings. The lowest BCUT2D eigenvalue weighted by Gasteiger charge is -2.32. The fourth-order valence-corrected chi connectivity index (χ4v) is 4.50. The molecule has 0 unspecified atom stereocenters. The van der Waals surface area contributed by atoms with Crippen molar-refractivity contribution in [3.8, 4) is 0 Å². The molecule has 3 N–H and O–H groups in total. The van der Waals surface area contributed by atoms with Crippen molar-refractivity contribution in [1.29, 1.82) is 0 Å². The Morgan fingerprint density at radius 2 is 1.66 bits per heavy atom. The summed E-state index contributed by atoms with van der Waals surface area (Å²) >= 11 is 0. The van der Waals surface area contributed by atoms with E-state index in [1.54, 1.807) is 7.05 Å². The van der Waals surface area contributed by atoms with Gasteiger partial charge in [0.15, 0.2) is 5.96 Å². The zero-order valence-electron chi connectivity index (χ0n) is 19.7. The molecule has 0 spiro atoms. The van der Waals surface area contributed by atoms with E-state index >= 15 is 0 Å². The highest BCUT2D eigenvalue weighted by Gasteiger charge is 2.21. The number of hydrogen-bond acceptors (Lipinski definition) is 4. The van der Waals surface area contributed by atoms with Gasteiger partial charge in [-0.3, -0.25) is 19.6 Å². The molecule has 8 heteroatoms. The SMILES string of the molecule is CN=C(NCc1ccccc1CN1CCCCCC1)NC1CCN(CC(=O)NC)CC1.I. The minimum Gasteiger partial charge on any atom is -0.358 e. The van der Waals surface area contributed by atoms with Gasteiger partial charge in [0.2, 0.25) is 5.91 Å². The number of likely N-dealkylation sites (tertiary alicyclic amines) is 2. The molecule has 1 amide bonds. The van der Waals surface area contributed by atoms with E-state index in [1.165, 1.54) is 49.9 Å². The molecule has 180 valence electrons. The number of guanidine groups is 1. The molecule has 0 aromatic heterocycles. The minimum absolute atomic E-state index is 0. The van der Waals surface area contributed by atoms with Crippen LogP contribution in [0, 0.1) is 0 Å². The molecule has 0 atom stereocenters. The summed E-state index contributed by atoms with van der Waals surface area (Å²) in [4.78, 5) is 20.8. The van der Waals surface area contributed by atoms with Gasteiger partial charge in [0, 0.05) is 46.3 Å². The van der Waals surface area contributed by atoms with Crippen LogP contribution in [0.25, 0.3) is 0 Å². The van der Waals surface area contributed by atoms with E-state index in [0.717, 1.165) is 45.0 Å². The van der Waals surface area contributed by atoms with Crippen LogP contribution in [0.2, 0.25) is 0 Å². The Kier molecular flexibility index (Phi) is 12.3. The number of nitrogens with one attached hydrogen (secondary N) is 3. The Hall–Kier alpha value is -1.39. The number of likely N-dealkylation sites (N-methyl/N-ethyl adjacent to an activating group) is 1. The molecule has 3 rings (SSSR count). The van der Waals surface area contributed by atoms with Gasteiger partial charge in [-0.25, -0.2) is 0 Å². The minimum atomic E-state index is 0. The molecule has 1 aromatic carbocycles. The Morgan fingerprint density at radius 1 is 1.00 bits per heavy atom. The van der Waals surface area contributed by atoms with Crippen LogP contribution in [0.3, 0.4) is 0 Å². The van der Waals surface area contributed by atoms with E-state index in [1.807, 2.05) is 7.05 Å². The van der Waals surface area contributed by atoms with Crippen LogP contribution in [0.4, 0.5) is 0 Å². The van der Waals surface area contributed by atoms with Crippen molar-refractivity contribution < 1.29 is 4.79 Å². The Morgan fingerprint density at radius 3 is 2.28 bits per heavy atom. The lowest BCUT2D eigenvalue weighted by Crippen LogP contribution is -2.49. The predicted molar refractivity (Wildman–Crippen MR) is 142 cm³/mol. The smallest absolute Gasteiger partial charge is 0.233 e. The molecule has 0 radical (unpaired) electrons. The van der Waals surface area contributed by atoms with Gasteiger partial charge < -0.3 is 16.0 Å². The molecule has 32 heavy (non-hydrogen) atoms. The number of amides is 1. The van der Waals surface area contributed by atoms with Gasteiger partial charge in [0.25, 0.3) is 0 Å². The van der Waals surface area contributed by atoms with Crippen molar-refractivity contribution in [3.63, 3.8) is 0 Å². The topological polar surface area (TPSA) is 72.0 Å². The van der Waals surface area contributed by atoms with Crippen molar-refractivity contribution in [2.75, 3.05) is 46.8 Å². The number of nitrogens with zero attached hydrogens (tertiary/aromatic N) is 3. The highest BCUT2D eigenvalue weighted by molar-refractivity contribution is 14.0. The Labute approximate surface area is 210 Å². The zero-order valence-corrected chi connectivity index (χ0v) is 22.1. The van der Waals surface area contributed by atoms with Gasteiger partial charge >= 0.3 is 0 Å². The first-order valence-electron chi connectivity index (χ1n) is 11.9. The van der Waals surface area contributed by atoms with Gasteiger partial charge in [-0.15, -0.1) is 24.0 Å². The number of halogens is 1. The molecular formula is C24H41IN6O. The molecule has 7 nitrogen and oxygen atoms in total. The second kappa shape index (κ2) is 14.7. The summed E-state index contributed by atoms with van der Waals surface area (Å²) in [6, 6.07) is 9.15. The van der Waals surface area contributed by atoms with E-state index in [2.05, 4.69) is 55.0 Å². The van der Waals surface area contributed by atoms with Crippen molar-refractivity contribution in [1.82, 2.24) is 25.8 Å². The molecule has 2 heterocycles. The third kappa shape index (κ3) is 8.86. The number of carbonyl (C=O) groups excluding carboxylic acids is 1. The van der Waals surface area contributed by atoms with Crippen LogP contribution >= 0.6 is 24.0 Å². The molecule has 2 aliphatic rings. The lowest BCUT2D eigenvalue weighted by atomic mass is 10.1. The third-order valence-electron chi connectivity index (χ3n) is 6.46. The maximum absolute atomic E-state index is 11.6. The van der Waals surface area contributed by atoms with Crippen molar-refractivity contribution in [2.24, 2.45) is 4.99 Å². The standard InChI is InChI=1S/C24H40N6O.HI/c1-25-23(31)19-30-15-11-22(12-16-30)28-24(26-2)27-17-20-9-5-6-10-21(20)18-29-13-7-3-4-8-14-29;/h5-6,9-10,22H,3-4,7-8,11-19H2,1-2H3,(H,25,31)(H2,26,27,28);1H. The quantitative estimate of drug-likeness (QED) is 0.274. The summed E-state index contributed by atoms with van der Waals surface area (Å²) in [6.07, 6.45) is 7.41. The second-order valence-corrected chi connectivity index (χ2v) is 8.75. The maximum Gasteiger partial charge on any atom is 0.233 e. The van der Waals surface area contributed by atoms with E-state index in [0.29, 0.717) is 12.6 Å². The van der Waals surface area contributed by atoms with Gasteiger partial charge in [-0.05, 0) is 49.9 Å². The summed E-state index contributed by atoms with van der Waals surface area (Å²) in [5, 5.41) is 9.79. The Bertz CT molecular complexity index is 712. The average molecular weight is 557 g/mol. The fraction of sp³-hybridized carbons (Fsp3) is 0.667. The Balaban J connectivity index is 0.00000363. The summed E-state index contributed by atoms with van der Waals surface area (Å²) in [6.45, 7) is 6.59. The van der Waals surface area contributed by atoms with E-state index in [4.69, 9.17) is 0 Å². The summed E-state index contributed by atoms with van der Waals surface area (Å²) in [7, 11) is 3.53. The normalized spacial score (nSPS) is 19.0. The molecule has 0 aliphatic carbocycles. The van der Waals surface area contributed by atoms with Gasteiger partial charge in [-0.1, -0.05) is 37.1 Å². The summed E-state index contributed by atoms with van der Waals surface area (Å²) in [5.41, 5.74) is 2.75. The molecule has 2 saturated heterocycles. The molecule has 0 bridgehead atoms. The highest BCUT2D eigenvalue weighted by Crippen LogP contribution is 2.16. The number of benzene rings is 1. The number of rotatable bonds is 7. The van der Waals surface area contributed by atoms with Crippen LogP contribution < -0.4 is 16.0 Å². The monoisotopic (exact) mass is 556 g/mol. The third-order valence-corrected chi connectivity index (χ3v) is 6.46. The van der Waals surface area contributed by atoms with Crippen LogP contribution in [0.15, 0.2) is 29.3 Å². The first-order valence-corrected chi connectivity index (χ1v) is 11.9. The fourth-order valence-electron chi connectivity index (χ4n) is 4.50. The summed E-state index contributed by atoms with van der Waals surface area (Å²) in [5.74, 6) is 0.942. The number of carbonyl (C=O) groups is 1. The van der Waals surface area contributed by atoms with Gasteiger partial charge in [-0.2, -0.15) is 0 Å². The van der Waals surface area contributed by atoms with Crippen molar-refractivity contribution >= 4 is 35.8 Å². The maximum atomic E-state index is 11.6. The van der Waals surface area contributed by atoms with E-state index in [-0.39, 0.29) is 29.9 Å². The van der Waals surface area contributed by atoms with E-state index < -0.39 is 0 Å². The number of hydrogen-bond donors (Lipinski definition) is 3. The number of aliphatic imine (C=N–C) groups is 1. The van der Waals surface area contributed by atoms with Crippen molar-refractivity contribution in [3.05, 3.63) is 35.4 Å². The van der Waals surface area contributed by atoms with Crippen LogP contribution in [-0.4, -0.2) is 74.5 Å². The lowest BCUT2D eigenvalue weighted by molar-refractivity contribution is -0.122. The van der Waals surface area contributed by atoms with Crippen LogP contribution in [-0.2, 0) is 17.9 Å². The van der Waals surface area contributed by atoms with Crippen LogP contribution in [0.5, 0.6) is 0 Å².